The van der Waals surface area contributed by atoms with Gasteiger partial charge in [0.05, 0.1) is 16.8 Å². The normalized spacial score (nSPS) is 12.3. The van der Waals surface area contributed by atoms with Crippen LogP contribution in [0, 0.1) is 13.8 Å². The molecule has 4 rings (SSSR count). The lowest BCUT2D eigenvalue weighted by Crippen LogP contribution is -2.09. The van der Waals surface area contributed by atoms with Crippen molar-refractivity contribution in [1.82, 2.24) is 19.2 Å². The van der Waals surface area contributed by atoms with Gasteiger partial charge < -0.3 is 4.57 Å². The molecule has 0 spiro atoms. The number of sulfone groups is 1. The molecule has 7 heteroatoms. The van der Waals surface area contributed by atoms with Gasteiger partial charge in [-0.2, -0.15) is 0 Å². The van der Waals surface area contributed by atoms with Crippen LogP contribution in [0.4, 0.5) is 0 Å². The van der Waals surface area contributed by atoms with E-state index >= 15 is 0 Å². The highest BCUT2D eigenvalue weighted by molar-refractivity contribution is 7.90. The molecule has 2 aromatic heterocycles. The standard InChI is InChI=1S/C18H18N4O2S/c1-12-8-13(2)10-14(9-12)11-25(23,24)18-20-19-17-21(3)15-6-4-5-7-16(15)22(17)18/h4-10H,11H2,1-3H3. The summed E-state index contributed by atoms with van der Waals surface area (Å²) in [6.07, 6.45) is 0. The van der Waals surface area contributed by atoms with E-state index in [1.165, 1.54) is 0 Å². The van der Waals surface area contributed by atoms with Gasteiger partial charge in [0.1, 0.15) is 0 Å². The molecule has 128 valence electrons. The molecule has 2 heterocycles. The van der Waals surface area contributed by atoms with Crippen molar-refractivity contribution in [1.29, 1.82) is 0 Å². The van der Waals surface area contributed by atoms with E-state index in [4.69, 9.17) is 0 Å². The fourth-order valence-corrected chi connectivity index (χ4v) is 4.73. The van der Waals surface area contributed by atoms with Gasteiger partial charge in [-0.15, -0.1) is 10.2 Å². The molecule has 0 saturated carbocycles. The molecule has 0 aliphatic heterocycles. The Bertz CT molecular complexity index is 1200. The molecular formula is C18H18N4O2S. The topological polar surface area (TPSA) is 69.3 Å². The molecule has 6 nitrogen and oxygen atoms in total. The van der Waals surface area contributed by atoms with Crippen molar-refractivity contribution in [3.63, 3.8) is 0 Å². The van der Waals surface area contributed by atoms with Crippen LogP contribution < -0.4 is 0 Å². The number of hydrogen-bond donors (Lipinski definition) is 0. The lowest BCUT2D eigenvalue weighted by molar-refractivity contribution is 0.585. The Labute approximate surface area is 145 Å². The first-order chi connectivity index (χ1) is 11.9. The van der Waals surface area contributed by atoms with E-state index in [2.05, 4.69) is 10.2 Å². The first kappa shape index (κ1) is 15.8. The minimum atomic E-state index is -3.63. The minimum Gasteiger partial charge on any atom is -0.311 e. The van der Waals surface area contributed by atoms with Crippen LogP contribution in [-0.4, -0.2) is 27.6 Å². The summed E-state index contributed by atoms with van der Waals surface area (Å²) >= 11 is 0. The predicted molar refractivity (Wildman–Crippen MR) is 96.3 cm³/mol. The van der Waals surface area contributed by atoms with Gasteiger partial charge in [-0.25, -0.2) is 12.8 Å². The molecule has 4 aromatic rings. The highest BCUT2D eigenvalue weighted by atomic mass is 32.2. The monoisotopic (exact) mass is 354 g/mol. The van der Waals surface area contributed by atoms with Gasteiger partial charge in [0.2, 0.25) is 15.6 Å². The first-order valence-electron chi connectivity index (χ1n) is 7.95. The highest BCUT2D eigenvalue weighted by Crippen LogP contribution is 2.24. The van der Waals surface area contributed by atoms with Gasteiger partial charge in [0.15, 0.2) is 0 Å². The second-order valence-corrected chi connectivity index (χ2v) is 8.30. The van der Waals surface area contributed by atoms with E-state index in [-0.39, 0.29) is 10.9 Å². The van der Waals surface area contributed by atoms with Crippen LogP contribution in [0.5, 0.6) is 0 Å². The Morgan fingerprint density at radius 3 is 2.28 bits per heavy atom. The summed E-state index contributed by atoms with van der Waals surface area (Å²) in [6, 6.07) is 13.4. The van der Waals surface area contributed by atoms with E-state index in [9.17, 15) is 8.42 Å². The molecule has 0 atom stereocenters. The van der Waals surface area contributed by atoms with Gasteiger partial charge in [0, 0.05) is 7.05 Å². The number of para-hydroxylation sites is 2. The van der Waals surface area contributed by atoms with E-state index in [0.29, 0.717) is 5.78 Å². The number of fused-ring (bicyclic) bond motifs is 3. The van der Waals surface area contributed by atoms with Crippen molar-refractivity contribution >= 4 is 26.6 Å². The molecule has 0 N–H and O–H groups in total. The Hall–Kier alpha value is -2.67. The summed E-state index contributed by atoms with van der Waals surface area (Å²) in [5.41, 5.74) is 4.54. The van der Waals surface area contributed by atoms with Crippen molar-refractivity contribution in [2.24, 2.45) is 7.05 Å². The zero-order valence-corrected chi connectivity index (χ0v) is 15.1. The van der Waals surface area contributed by atoms with Crippen LogP contribution in [0.1, 0.15) is 16.7 Å². The molecule has 0 amide bonds. The number of nitrogens with zero attached hydrogens (tertiary/aromatic N) is 4. The average Bonchev–Trinajstić information content (AvgIpc) is 3.07. The summed E-state index contributed by atoms with van der Waals surface area (Å²) < 4.78 is 29.5. The summed E-state index contributed by atoms with van der Waals surface area (Å²) in [4.78, 5) is 0. The van der Waals surface area contributed by atoms with E-state index in [1.54, 1.807) is 4.40 Å². The second kappa shape index (κ2) is 5.42. The van der Waals surface area contributed by atoms with Crippen LogP contribution in [0.25, 0.3) is 16.8 Å². The summed E-state index contributed by atoms with van der Waals surface area (Å²) in [7, 11) is -1.78. The zero-order chi connectivity index (χ0) is 17.8. The molecule has 0 radical (unpaired) electrons. The lowest BCUT2D eigenvalue weighted by Gasteiger charge is -2.05. The van der Waals surface area contributed by atoms with Gasteiger partial charge in [0.25, 0.3) is 5.16 Å². The molecular weight excluding hydrogens is 336 g/mol. The molecule has 0 unspecified atom stereocenters. The molecule has 25 heavy (non-hydrogen) atoms. The number of hydrogen-bond acceptors (Lipinski definition) is 4. The molecule has 0 saturated heterocycles. The van der Waals surface area contributed by atoms with Crippen molar-refractivity contribution in [2.45, 2.75) is 24.8 Å². The summed E-state index contributed by atoms with van der Waals surface area (Å²) in [6.45, 7) is 3.92. The second-order valence-electron chi connectivity index (χ2n) is 6.42. The third-order valence-corrected chi connectivity index (χ3v) is 5.85. The minimum absolute atomic E-state index is 0.0153. The maximum atomic E-state index is 13.0. The van der Waals surface area contributed by atoms with Gasteiger partial charge in [-0.3, -0.25) is 0 Å². The quantitative estimate of drug-likeness (QED) is 0.567. The van der Waals surface area contributed by atoms with E-state index < -0.39 is 9.84 Å². The van der Waals surface area contributed by atoms with Crippen LogP contribution in [-0.2, 0) is 22.6 Å². The lowest BCUT2D eigenvalue weighted by atomic mass is 10.1. The first-order valence-corrected chi connectivity index (χ1v) is 9.60. The van der Waals surface area contributed by atoms with Crippen LogP contribution in [0.15, 0.2) is 47.6 Å². The van der Waals surface area contributed by atoms with E-state index in [1.807, 2.05) is 67.9 Å². The van der Waals surface area contributed by atoms with Crippen molar-refractivity contribution < 1.29 is 8.42 Å². The SMILES string of the molecule is Cc1cc(C)cc(CS(=O)(=O)c2nnc3n(C)c4ccccc4n23)c1. The average molecular weight is 354 g/mol. The smallest absolute Gasteiger partial charge is 0.256 e. The number of aryl methyl sites for hydroxylation is 3. The van der Waals surface area contributed by atoms with Gasteiger partial charge >= 0.3 is 0 Å². The number of benzene rings is 2. The fourth-order valence-electron chi connectivity index (χ4n) is 3.37. The molecule has 2 aromatic carbocycles. The third-order valence-electron chi connectivity index (χ3n) is 4.32. The Balaban J connectivity index is 1.90. The van der Waals surface area contributed by atoms with Crippen molar-refractivity contribution in [3.05, 3.63) is 59.2 Å². The maximum Gasteiger partial charge on any atom is 0.256 e. The largest absolute Gasteiger partial charge is 0.311 e. The van der Waals surface area contributed by atoms with Crippen molar-refractivity contribution in [2.75, 3.05) is 0 Å². The zero-order valence-electron chi connectivity index (χ0n) is 14.3. The van der Waals surface area contributed by atoms with Crippen LogP contribution in [0.2, 0.25) is 0 Å². The maximum absolute atomic E-state index is 13.0. The van der Waals surface area contributed by atoms with Crippen molar-refractivity contribution in [3.8, 4) is 0 Å². The molecule has 0 fully saturated rings. The third kappa shape index (κ3) is 2.51. The Morgan fingerprint density at radius 2 is 1.60 bits per heavy atom. The summed E-state index contributed by atoms with van der Waals surface area (Å²) in [5, 5.41) is 8.06. The molecule has 0 aliphatic rings. The highest BCUT2D eigenvalue weighted by Gasteiger charge is 2.25. The summed E-state index contributed by atoms with van der Waals surface area (Å²) in [5.74, 6) is 0.416. The number of rotatable bonds is 3. The Morgan fingerprint density at radius 1 is 0.960 bits per heavy atom. The van der Waals surface area contributed by atoms with Crippen LogP contribution >= 0.6 is 0 Å². The van der Waals surface area contributed by atoms with E-state index in [0.717, 1.165) is 27.7 Å². The molecule has 0 aliphatic carbocycles. The fraction of sp³-hybridized carbons (Fsp3) is 0.222. The van der Waals surface area contributed by atoms with Gasteiger partial charge in [-0.1, -0.05) is 41.5 Å². The van der Waals surface area contributed by atoms with Crippen LogP contribution in [0.3, 0.4) is 0 Å². The number of imidazole rings is 1. The predicted octanol–water partition coefficient (Wildman–Crippen LogP) is 2.81. The van der Waals surface area contributed by atoms with Gasteiger partial charge in [-0.05, 0) is 31.5 Å². The number of aromatic nitrogens is 4. The Kier molecular flexibility index (Phi) is 3.43. The molecule has 0 bridgehead atoms.